The van der Waals surface area contributed by atoms with Crippen molar-refractivity contribution in [3.8, 4) is 0 Å². The molecule has 0 aliphatic heterocycles. The molecule has 0 aromatic rings. The van der Waals surface area contributed by atoms with Gasteiger partial charge in [0, 0.05) is 12.8 Å². The summed E-state index contributed by atoms with van der Waals surface area (Å²) in [5.74, 6) is -2.48. The van der Waals surface area contributed by atoms with Gasteiger partial charge in [-0.3, -0.25) is 9.59 Å². The van der Waals surface area contributed by atoms with E-state index in [0.29, 0.717) is 0 Å². The van der Waals surface area contributed by atoms with E-state index in [1.807, 2.05) is 0 Å². The SMILES string of the molecule is NCC(CC(=O)O)CC(=O)O. The van der Waals surface area contributed by atoms with E-state index in [1.165, 1.54) is 0 Å². The minimum Gasteiger partial charge on any atom is -0.481 e. The monoisotopic (exact) mass is 161 g/mol. The van der Waals surface area contributed by atoms with E-state index in [0.717, 1.165) is 0 Å². The van der Waals surface area contributed by atoms with Crippen molar-refractivity contribution in [2.75, 3.05) is 6.54 Å². The van der Waals surface area contributed by atoms with Crippen LogP contribution in [0, 0.1) is 5.92 Å². The highest BCUT2D eigenvalue weighted by Gasteiger charge is 2.14. The Morgan fingerprint density at radius 1 is 1.18 bits per heavy atom. The molecule has 11 heavy (non-hydrogen) atoms. The van der Waals surface area contributed by atoms with E-state index >= 15 is 0 Å². The Hall–Kier alpha value is -1.10. The molecule has 0 aromatic carbocycles. The Bertz CT molecular complexity index is 141. The maximum absolute atomic E-state index is 10.1. The zero-order chi connectivity index (χ0) is 8.85. The van der Waals surface area contributed by atoms with Gasteiger partial charge in [0.2, 0.25) is 0 Å². The molecule has 0 fully saturated rings. The van der Waals surface area contributed by atoms with Gasteiger partial charge >= 0.3 is 11.9 Å². The molecule has 0 rings (SSSR count). The first-order chi connectivity index (χ1) is 5.06. The first kappa shape index (κ1) is 9.90. The minimum absolute atomic E-state index is 0.0958. The number of carboxylic acid groups (broad SMARTS) is 2. The lowest BCUT2D eigenvalue weighted by atomic mass is 10.0. The fraction of sp³-hybridized carbons (Fsp3) is 0.667. The van der Waals surface area contributed by atoms with Crippen LogP contribution in [0.1, 0.15) is 12.8 Å². The van der Waals surface area contributed by atoms with Gasteiger partial charge in [0.15, 0.2) is 0 Å². The Morgan fingerprint density at radius 3 is 1.73 bits per heavy atom. The minimum atomic E-state index is -1.01. The lowest BCUT2D eigenvalue weighted by Gasteiger charge is -2.07. The first-order valence-corrected chi connectivity index (χ1v) is 3.20. The average molecular weight is 161 g/mol. The van der Waals surface area contributed by atoms with E-state index in [1.54, 1.807) is 0 Å². The van der Waals surface area contributed by atoms with Crippen LogP contribution >= 0.6 is 0 Å². The largest absolute Gasteiger partial charge is 0.481 e. The van der Waals surface area contributed by atoms with Gasteiger partial charge in [-0.05, 0) is 12.5 Å². The topological polar surface area (TPSA) is 101 Å². The summed E-state index contributed by atoms with van der Waals surface area (Å²) >= 11 is 0. The molecule has 0 bridgehead atoms. The molecule has 0 saturated heterocycles. The average Bonchev–Trinajstić information content (AvgIpc) is 1.84. The van der Waals surface area contributed by atoms with Crippen molar-refractivity contribution >= 4 is 11.9 Å². The van der Waals surface area contributed by atoms with E-state index in [-0.39, 0.29) is 19.4 Å². The summed E-state index contributed by atoms with van der Waals surface area (Å²) in [6.07, 6.45) is -0.356. The maximum Gasteiger partial charge on any atom is 0.303 e. The number of aliphatic carboxylic acids is 2. The van der Waals surface area contributed by atoms with E-state index in [4.69, 9.17) is 15.9 Å². The van der Waals surface area contributed by atoms with Gasteiger partial charge in [0.25, 0.3) is 0 Å². The van der Waals surface area contributed by atoms with Gasteiger partial charge in [0.1, 0.15) is 0 Å². The Kier molecular flexibility index (Phi) is 4.21. The van der Waals surface area contributed by atoms with Crippen molar-refractivity contribution in [1.29, 1.82) is 0 Å². The molecule has 0 saturated carbocycles. The van der Waals surface area contributed by atoms with Crippen LogP contribution in [0.3, 0.4) is 0 Å². The molecule has 0 aromatic heterocycles. The predicted octanol–water partition coefficient (Wildman–Crippen LogP) is -0.489. The van der Waals surface area contributed by atoms with Crippen LogP contribution in [0.2, 0.25) is 0 Å². The molecule has 4 N–H and O–H groups in total. The third kappa shape index (κ3) is 5.35. The van der Waals surface area contributed by atoms with E-state index in [2.05, 4.69) is 0 Å². The van der Waals surface area contributed by atoms with Crippen molar-refractivity contribution in [3.63, 3.8) is 0 Å². The lowest BCUT2D eigenvalue weighted by Crippen LogP contribution is -2.20. The van der Waals surface area contributed by atoms with Crippen LogP contribution in [0.5, 0.6) is 0 Å². The Balaban J connectivity index is 3.76. The van der Waals surface area contributed by atoms with Crippen LogP contribution < -0.4 is 5.73 Å². The maximum atomic E-state index is 10.1. The number of carbonyl (C=O) groups is 2. The third-order valence-electron chi connectivity index (χ3n) is 1.26. The second-order valence-electron chi connectivity index (χ2n) is 2.30. The van der Waals surface area contributed by atoms with Crippen molar-refractivity contribution in [3.05, 3.63) is 0 Å². The fourth-order valence-corrected chi connectivity index (χ4v) is 0.733. The predicted molar refractivity (Wildman–Crippen MR) is 37.1 cm³/mol. The summed E-state index contributed by atoms with van der Waals surface area (Å²) in [6, 6.07) is 0. The summed E-state index contributed by atoms with van der Waals surface area (Å²) in [5.41, 5.74) is 5.14. The highest BCUT2D eigenvalue weighted by molar-refractivity contribution is 5.70. The molecule has 0 aliphatic rings. The fourth-order valence-electron chi connectivity index (χ4n) is 0.733. The number of nitrogens with two attached hydrogens (primary N) is 1. The molecule has 0 radical (unpaired) electrons. The zero-order valence-electron chi connectivity index (χ0n) is 5.99. The van der Waals surface area contributed by atoms with Gasteiger partial charge in [-0.15, -0.1) is 0 Å². The Labute approximate surface area is 63.8 Å². The summed E-state index contributed by atoms with van der Waals surface area (Å²) in [6.45, 7) is 0.0958. The van der Waals surface area contributed by atoms with Crippen LogP contribution in [0.15, 0.2) is 0 Å². The zero-order valence-corrected chi connectivity index (χ0v) is 5.99. The summed E-state index contributed by atoms with van der Waals surface area (Å²) in [5, 5.41) is 16.6. The van der Waals surface area contributed by atoms with Crippen molar-refractivity contribution in [1.82, 2.24) is 0 Å². The van der Waals surface area contributed by atoms with Gasteiger partial charge in [0.05, 0.1) is 0 Å². The third-order valence-corrected chi connectivity index (χ3v) is 1.26. The molecular weight excluding hydrogens is 150 g/mol. The molecule has 0 aliphatic carbocycles. The normalized spacial score (nSPS) is 10.0. The Morgan fingerprint density at radius 2 is 1.55 bits per heavy atom. The quantitative estimate of drug-likeness (QED) is 0.505. The van der Waals surface area contributed by atoms with Crippen LogP contribution in [0.25, 0.3) is 0 Å². The van der Waals surface area contributed by atoms with Crippen molar-refractivity contribution in [2.45, 2.75) is 12.8 Å². The molecule has 5 nitrogen and oxygen atoms in total. The smallest absolute Gasteiger partial charge is 0.303 e. The molecule has 0 atom stereocenters. The molecule has 0 heterocycles. The van der Waals surface area contributed by atoms with Crippen molar-refractivity contribution < 1.29 is 19.8 Å². The van der Waals surface area contributed by atoms with Gasteiger partial charge in [-0.25, -0.2) is 0 Å². The van der Waals surface area contributed by atoms with E-state index < -0.39 is 17.9 Å². The second kappa shape index (κ2) is 4.68. The number of carboxylic acids is 2. The molecule has 0 amide bonds. The number of hydrogen-bond donors (Lipinski definition) is 3. The molecule has 64 valence electrons. The van der Waals surface area contributed by atoms with Crippen LogP contribution in [-0.4, -0.2) is 28.7 Å². The highest BCUT2D eigenvalue weighted by Crippen LogP contribution is 2.05. The summed E-state index contributed by atoms with van der Waals surface area (Å²) in [7, 11) is 0. The lowest BCUT2D eigenvalue weighted by molar-refractivity contribution is -0.140. The molecule has 0 unspecified atom stereocenters. The van der Waals surface area contributed by atoms with E-state index in [9.17, 15) is 9.59 Å². The van der Waals surface area contributed by atoms with Gasteiger partial charge < -0.3 is 15.9 Å². The first-order valence-electron chi connectivity index (χ1n) is 3.20. The standard InChI is InChI=1S/C6H11NO4/c7-3-4(1-5(8)9)2-6(10)11/h4H,1-3,7H2,(H,8,9)(H,10,11). The van der Waals surface area contributed by atoms with Crippen molar-refractivity contribution in [2.24, 2.45) is 11.7 Å². The number of hydrogen-bond acceptors (Lipinski definition) is 3. The number of rotatable bonds is 5. The van der Waals surface area contributed by atoms with Crippen LogP contribution in [0.4, 0.5) is 0 Å². The molecular formula is C6H11NO4. The summed E-state index contributed by atoms with van der Waals surface area (Å²) < 4.78 is 0. The van der Waals surface area contributed by atoms with Crippen LogP contribution in [-0.2, 0) is 9.59 Å². The molecule has 5 heteroatoms. The van der Waals surface area contributed by atoms with Gasteiger partial charge in [-0.2, -0.15) is 0 Å². The highest BCUT2D eigenvalue weighted by atomic mass is 16.4. The molecule has 0 spiro atoms. The van der Waals surface area contributed by atoms with Gasteiger partial charge in [-0.1, -0.05) is 0 Å². The summed E-state index contributed by atoms with van der Waals surface area (Å²) in [4.78, 5) is 20.2. The second-order valence-corrected chi connectivity index (χ2v) is 2.30.